The van der Waals surface area contributed by atoms with Crippen LogP contribution in [0.2, 0.25) is 0 Å². The summed E-state index contributed by atoms with van der Waals surface area (Å²) in [5.74, 6) is 0. The zero-order chi connectivity index (χ0) is 9.11. The molecule has 0 spiro atoms. The van der Waals surface area contributed by atoms with Crippen molar-refractivity contribution in [1.29, 1.82) is 0 Å². The molecule has 0 aromatic rings. The van der Waals surface area contributed by atoms with Gasteiger partial charge in [0.05, 0.1) is 19.8 Å². The van der Waals surface area contributed by atoms with Crippen molar-refractivity contribution in [1.82, 2.24) is 5.32 Å². The molecule has 68 valence electrons. The second-order valence-electron chi connectivity index (χ2n) is 1.52. The summed E-state index contributed by atoms with van der Waals surface area (Å²) in [7, 11) is 0. The highest BCUT2D eigenvalue weighted by molar-refractivity contribution is 8.00. The minimum absolute atomic E-state index is 0.0801. The summed E-state index contributed by atoms with van der Waals surface area (Å²) in [5, 5.41) is 18.6. The third-order valence-corrected chi connectivity index (χ3v) is 0.828. The van der Waals surface area contributed by atoms with Gasteiger partial charge in [0, 0.05) is 6.54 Å². The normalized spacial score (nSPS) is 7.91. The van der Waals surface area contributed by atoms with E-state index in [2.05, 4.69) is 35.9 Å². The molecule has 0 amide bonds. The second-order valence-corrected chi connectivity index (χ2v) is 2.59. The lowest BCUT2D eigenvalue weighted by molar-refractivity contribution is -0.372. The van der Waals surface area contributed by atoms with E-state index in [0.717, 1.165) is 0 Å². The van der Waals surface area contributed by atoms with Crippen LogP contribution in [0.3, 0.4) is 0 Å². The fourth-order valence-electron chi connectivity index (χ4n) is 0.158. The van der Waals surface area contributed by atoms with Gasteiger partial charge >= 0.3 is 0 Å². The molecule has 0 bridgehead atoms. The molecule has 6 N–H and O–H groups in total. The van der Waals surface area contributed by atoms with Crippen LogP contribution in [0.25, 0.3) is 0 Å². The first-order chi connectivity index (χ1) is 5.18. The van der Waals surface area contributed by atoms with Crippen LogP contribution in [0.5, 0.6) is 0 Å². The lowest BCUT2D eigenvalue weighted by atomic mass is 10.7. The first-order valence-corrected chi connectivity index (χ1v) is 3.96. The molecule has 0 rings (SSSR count). The summed E-state index contributed by atoms with van der Waals surface area (Å²) in [6.45, 7) is 1.37. The monoisotopic (exact) mass is 198 g/mol. The summed E-state index contributed by atoms with van der Waals surface area (Å²) in [4.78, 5) is 0. The molecule has 0 aliphatic carbocycles. The van der Waals surface area contributed by atoms with Gasteiger partial charge < -0.3 is 46.1 Å². The minimum Gasteiger partial charge on any atom is -0.412 e. The molecule has 0 aliphatic rings. The molecule has 0 fully saturated rings. The first kappa shape index (κ1) is 13.6. The van der Waals surface area contributed by atoms with Crippen LogP contribution in [0.15, 0.2) is 0 Å². The van der Waals surface area contributed by atoms with Gasteiger partial charge in [0.25, 0.3) is 0 Å². The minimum atomic E-state index is 0.0801. The average Bonchev–Trinajstić information content (AvgIpc) is 2.01. The summed E-state index contributed by atoms with van der Waals surface area (Å²) in [5.41, 5.74) is 3.35. The molecule has 0 saturated heterocycles. The van der Waals surface area contributed by atoms with Crippen LogP contribution in [-0.2, 0) is 12.6 Å². The van der Waals surface area contributed by atoms with E-state index < -0.39 is 0 Å². The fraction of sp³-hybridized carbons (Fsp3) is 0.800. The summed E-state index contributed by atoms with van der Waals surface area (Å²) in [6, 6.07) is 0. The maximum atomic E-state index is 8.15. The molecule has 0 heterocycles. The Morgan fingerprint density at radius 3 is 2.00 bits per heavy atom. The van der Waals surface area contributed by atoms with E-state index in [1.165, 1.54) is 0 Å². The molecule has 0 aliphatic heterocycles. The Morgan fingerprint density at radius 1 is 1.45 bits per heavy atom. The number of hydrogen-bond donors (Lipinski definition) is 4. The largest absolute Gasteiger partial charge is 0.412 e. The Labute approximate surface area is 77.2 Å². The van der Waals surface area contributed by atoms with Gasteiger partial charge in [-0.15, -0.1) is 0 Å². The van der Waals surface area contributed by atoms with Crippen molar-refractivity contribution in [2.75, 3.05) is 26.3 Å². The van der Waals surface area contributed by atoms with Crippen molar-refractivity contribution in [3.63, 3.8) is 0 Å². The van der Waals surface area contributed by atoms with Gasteiger partial charge in [-0.2, -0.15) is 0 Å². The van der Waals surface area contributed by atoms with Gasteiger partial charge in [-0.05, 0) is 0 Å². The van der Waals surface area contributed by atoms with Gasteiger partial charge in [-0.1, -0.05) is 4.32 Å². The van der Waals surface area contributed by atoms with E-state index in [4.69, 9.17) is 10.2 Å². The van der Waals surface area contributed by atoms with Crippen LogP contribution < -0.4 is 11.1 Å². The smallest absolute Gasteiger partial charge is 0.0974 e. The third kappa shape index (κ3) is 25.6. The highest BCUT2D eigenvalue weighted by Gasteiger charge is 1.72. The SMILES string of the molecule is OCCNC(=S)[S-].[NH3+]CCO. The number of thiocarbonyl (C=S) groups is 1. The van der Waals surface area contributed by atoms with Crippen LogP contribution in [0.4, 0.5) is 0 Å². The number of hydrogen-bond acceptors (Lipinski definition) is 4. The van der Waals surface area contributed by atoms with Gasteiger partial charge in [0.15, 0.2) is 0 Å². The highest BCUT2D eigenvalue weighted by atomic mass is 32.1. The Bertz CT molecular complexity index is 90.6. The van der Waals surface area contributed by atoms with Crippen molar-refractivity contribution in [3.05, 3.63) is 0 Å². The number of aliphatic hydroxyl groups is 2. The van der Waals surface area contributed by atoms with E-state index >= 15 is 0 Å². The van der Waals surface area contributed by atoms with Crippen LogP contribution in [-0.4, -0.2) is 40.8 Å². The molecule has 0 aromatic heterocycles. The van der Waals surface area contributed by atoms with Crippen molar-refractivity contribution in [2.45, 2.75) is 0 Å². The maximum Gasteiger partial charge on any atom is 0.0974 e. The standard InChI is InChI=1S/C3H7NOS2.C2H7NO/c5-2-1-4-3(6)7;3-1-2-4/h5H,1-2H2,(H2,4,6,7);4H,1-3H2. The third-order valence-electron chi connectivity index (χ3n) is 0.539. The topological polar surface area (TPSA) is 80.1 Å². The van der Waals surface area contributed by atoms with Crippen LogP contribution in [0.1, 0.15) is 0 Å². The van der Waals surface area contributed by atoms with Gasteiger partial charge in [-0.3, -0.25) is 0 Å². The zero-order valence-corrected chi connectivity index (χ0v) is 7.88. The number of nitrogens with one attached hydrogen (secondary N) is 1. The van der Waals surface area contributed by atoms with Crippen molar-refractivity contribution >= 4 is 29.2 Å². The van der Waals surface area contributed by atoms with Crippen molar-refractivity contribution in [2.24, 2.45) is 0 Å². The number of quaternary nitrogens is 1. The van der Waals surface area contributed by atoms with E-state index in [1.54, 1.807) is 0 Å². The highest BCUT2D eigenvalue weighted by Crippen LogP contribution is 1.61. The molecule has 0 unspecified atom stereocenters. The average molecular weight is 198 g/mol. The van der Waals surface area contributed by atoms with E-state index in [0.29, 0.717) is 17.4 Å². The lowest BCUT2D eigenvalue weighted by Gasteiger charge is -2.05. The number of rotatable bonds is 3. The molecule has 4 nitrogen and oxygen atoms in total. The number of aliphatic hydroxyl groups excluding tert-OH is 2. The molecule has 0 saturated carbocycles. The van der Waals surface area contributed by atoms with E-state index in [1.807, 2.05) is 0 Å². The second kappa shape index (κ2) is 12.6. The predicted molar refractivity (Wildman–Crippen MR) is 49.9 cm³/mol. The maximum absolute atomic E-state index is 8.15. The van der Waals surface area contributed by atoms with Gasteiger partial charge in [-0.25, -0.2) is 0 Å². The quantitative estimate of drug-likeness (QED) is 0.301. The molecule has 6 heteroatoms. The van der Waals surface area contributed by atoms with Crippen LogP contribution >= 0.6 is 12.2 Å². The Balaban J connectivity index is 0. The summed E-state index contributed by atoms with van der Waals surface area (Å²) >= 11 is 8.91. The summed E-state index contributed by atoms with van der Waals surface area (Å²) < 4.78 is 0.314. The Hall–Kier alpha value is -0.0100. The van der Waals surface area contributed by atoms with E-state index in [9.17, 15) is 0 Å². The molecule has 0 radical (unpaired) electrons. The molecular weight excluding hydrogens is 184 g/mol. The molecular formula is C5H14N2O2S2. The summed E-state index contributed by atoms with van der Waals surface area (Å²) in [6.07, 6.45) is 0. The lowest BCUT2D eigenvalue weighted by Crippen LogP contribution is -2.51. The Kier molecular flexibility index (Phi) is 15.6. The fourth-order valence-corrected chi connectivity index (χ4v) is 0.362. The Morgan fingerprint density at radius 2 is 1.91 bits per heavy atom. The molecule has 0 aromatic carbocycles. The zero-order valence-electron chi connectivity index (χ0n) is 6.25. The van der Waals surface area contributed by atoms with Gasteiger partial charge in [0.1, 0.15) is 0 Å². The first-order valence-electron chi connectivity index (χ1n) is 3.14. The predicted octanol–water partition coefficient (Wildman–Crippen LogP) is -2.38. The van der Waals surface area contributed by atoms with Gasteiger partial charge in [0.2, 0.25) is 0 Å². The molecule has 11 heavy (non-hydrogen) atoms. The van der Waals surface area contributed by atoms with Crippen LogP contribution in [0, 0.1) is 0 Å². The van der Waals surface area contributed by atoms with E-state index in [-0.39, 0.29) is 13.2 Å². The van der Waals surface area contributed by atoms with Crippen molar-refractivity contribution < 1.29 is 15.9 Å². The molecule has 0 atom stereocenters. The van der Waals surface area contributed by atoms with Crippen molar-refractivity contribution in [3.8, 4) is 0 Å².